The molecule has 0 unspecified atom stereocenters. The Labute approximate surface area is 238 Å². The maximum Gasteiger partial charge on any atom is 0.255 e. The number of hydrogen-bond acceptors (Lipinski definition) is 7. The van der Waals surface area contributed by atoms with Gasteiger partial charge in [-0.3, -0.25) is 4.79 Å². The van der Waals surface area contributed by atoms with Gasteiger partial charge in [0.15, 0.2) is 11.6 Å². The van der Waals surface area contributed by atoms with Crippen molar-refractivity contribution in [1.29, 1.82) is 0 Å². The number of ether oxygens (including phenoxy) is 3. The van der Waals surface area contributed by atoms with Crippen molar-refractivity contribution >= 4 is 11.8 Å². The van der Waals surface area contributed by atoms with Gasteiger partial charge in [-0.15, -0.1) is 0 Å². The number of hydrogen-bond donors (Lipinski definition) is 1. The highest BCUT2D eigenvalue weighted by Gasteiger charge is 2.55. The molecule has 3 aromatic rings. The van der Waals surface area contributed by atoms with E-state index >= 15 is 0 Å². The van der Waals surface area contributed by atoms with Crippen LogP contribution < -0.4 is 4.74 Å². The van der Waals surface area contributed by atoms with Crippen LogP contribution in [0.3, 0.4) is 0 Å². The SMILES string of the molecule is [N-]=[N+]=NCc1ccccc1C[C@@]1(C(=O)N2CCOCC2)N=C(c2ccc(OCCCO)cc2)O[C@@H]1c1ccccc1. The Morgan fingerprint density at radius 1 is 1.05 bits per heavy atom. The zero-order valence-corrected chi connectivity index (χ0v) is 22.8. The standard InChI is InChI=1S/C31H33N5O5/c32-35-33-22-26-10-5-4-9-25(26)21-31(30(38)36-15-19-39-20-16-36)28(23-7-2-1-3-8-23)41-29(34-31)24-11-13-27(14-12-24)40-18-6-17-37/h1-5,7-14,28,37H,6,15-22H2/t28-,31-/m1/s1. The molecule has 3 aromatic carbocycles. The van der Waals surface area contributed by atoms with Crippen LogP contribution in [0.25, 0.3) is 10.4 Å². The lowest BCUT2D eigenvalue weighted by atomic mass is 9.80. The Kier molecular flexibility index (Phi) is 9.15. The van der Waals surface area contributed by atoms with Gasteiger partial charge in [0.2, 0.25) is 5.90 Å². The third-order valence-electron chi connectivity index (χ3n) is 7.29. The molecule has 2 aliphatic rings. The van der Waals surface area contributed by atoms with E-state index in [1.54, 1.807) is 0 Å². The first-order valence-corrected chi connectivity index (χ1v) is 13.7. The Morgan fingerprint density at radius 3 is 2.46 bits per heavy atom. The number of aliphatic hydroxyl groups excluding tert-OH is 1. The molecule has 2 atom stereocenters. The van der Waals surface area contributed by atoms with Gasteiger partial charge in [0.25, 0.3) is 5.91 Å². The summed E-state index contributed by atoms with van der Waals surface area (Å²) in [4.78, 5) is 24.4. The van der Waals surface area contributed by atoms with Crippen molar-refractivity contribution in [2.75, 3.05) is 39.5 Å². The molecule has 2 heterocycles. The summed E-state index contributed by atoms with van der Waals surface area (Å²) in [7, 11) is 0. The molecule has 1 fully saturated rings. The number of amides is 1. The van der Waals surface area contributed by atoms with Crippen molar-refractivity contribution in [2.45, 2.75) is 31.0 Å². The lowest BCUT2D eigenvalue weighted by Gasteiger charge is -2.37. The molecule has 1 amide bonds. The number of carbonyl (C=O) groups is 1. The smallest absolute Gasteiger partial charge is 0.255 e. The fourth-order valence-corrected chi connectivity index (χ4v) is 5.22. The Morgan fingerprint density at radius 2 is 1.76 bits per heavy atom. The molecule has 10 heteroatoms. The van der Waals surface area contributed by atoms with Crippen LogP contribution in [-0.2, 0) is 27.2 Å². The maximum atomic E-state index is 14.6. The first kappa shape index (κ1) is 28.2. The second-order valence-electron chi connectivity index (χ2n) is 9.94. The Balaban J connectivity index is 1.60. The molecule has 5 rings (SSSR count). The minimum absolute atomic E-state index is 0.0643. The zero-order chi connectivity index (χ0) is 28.5. The quantitative estimate of drug-likeness (QED) is 0.160. The highest BCUT2D eigenvalue weighted by Crippen LogP contribution is 2.44. The van der Waals surface area contributed by atoms with Gasteiger partial charge in [0.1, 0.15) is 5.75 Å². The second kappa shape index (κ2) is 13.3. The predicted octanol–water partition coefficient (Wildman–Crippen LogP) is 4.62. The first-order chi connectivity index (χ1) is 20.1. The molecule has 1 N–H and O–H groups in total. The van der Waals surface area contributed by atoms with Gasteiger partial charge in [-0.2, -0.15) is 0 Å². The van der Waals surface area contributed by atoms with E-state index in [1.807, 2.05) is 83.8 Å². The predicted molar refractivity (Wildman–Crippen MR) is 154 cm³/mol. The van der Waals surface area contributed by atoms with Crippen molar-refractivity contribution in [2.24, 2.45) is 10.1 Å². The summed E-state index contributed by atoms with van der Waals surface area (Å²) in [5.74, 6) is 0.908. The van der Waals surface area contributed by atoms with Gasteiger partial charge in [-0.1, -0.05) is 59.7 Å². The monoisotopic (exact) mass is 555 g/mol. The van der Waals surface area contributed by atoms with Crippen LogP contribution in [0.4, 0.5) is 0 Å². The van der Waals surface area contributed by atoms with E-state index in [9.17, 15) is 4.79 Å². The third-order valence-corrected chi connectivity index (χ3v) is 7.29. The van der Waals surface area contributed by atoms with Crippen molar-refractivity contribution in [3.05, 3.63) is 112 Å². The Hall–Kier alpha value is -4.37. The van der Waals surface area contributed by atoms with Crippen molar-refractivity contribution in [3.63, 3.8) is 0 Å². The van der Waals surface area contributed by atoms with Gasteiger partial charge < -0.3 is 24.2 Å². The molecule has 1 saturated heterocycles. The number of nitrogens with zero attached hydrogens (tertiary/aromatic N) is 5. The van der Waals surface area contributed by atoms with Gasteiger partial charge in [-0.05, 0) is 46.5 Å². The molecular weight excluding hydrogens is 522 g/mol. The number of aliphatic imine (C=N–C) groups is 1. The van der Waals surface area contributed by atoms with Gasteiger partial charge >= 0.3 is 0 Å². The second-order valence-corrected chi connectivity index (χ2v) is 9.94. The highest BCUT2D eigenvalue weighted by molar-refractivity contribution is 6.01. The normalized spacial score (nSPS) is 20.1. The lowest BCUT2D eigenvalue weighted by Crippen LogP contribution is -2.54. The van der Waals surface area contributed by atoms with Gasteiger partial charge in [0, 0.05) is 43.0 Å². The molecule has 41 heavy (non-hydrogen) atoms. The van der Waals surface area contributed by atoms with E-state index in [2.05, 4.69) is 10.0 Å². The summed E-state index contributed by atoms with van der Waals surface area (Å²) >= 11 is 0. The largest absolute Gasteiger partial charge is 0.494 e. The Bertz CT molecular complexity index is 1400. The number of benzene rings is 3. The number of carbonyl (C=O) groups excluding carboxylic acids is 1. The van der Waals surface area contributed by atoms with E-state index in [1.165, 1.54) is 0 Å². The summed E-state index contributed by atoms with van der Waals surface area (Å²) in [6.45, 7) is 2.49. The van der Waals surface area contributed by atoms with Gasteiger partial charge in [0.05, 0.1) is 26.4 Å². The molecule has 212 valence electrons. The van der Waals surface area contributed by atoms with Crippen LogP contribution >= 0.6 is 0 Å². The van der Waals surface area contributed by atoms with Crippen LogP contribution in [-0.4, -0.2) is 66.9 Å². The zero-order valence-electron chi connectivity index (χ0n) is 22.8. The van der Waals surface area contributed by atoms with Crippen molar-refractivity contribution in [1.82, 2.24) is 4.90 Å². The molecular formula is C31H33N5O5. The van der Waals surface area contributed by atoms with Crippen molar-refractivity contribution < 1.29 is 24.1 Å². The number of aliphatic hydroxyl groups is 1. The number of rotatable bonds is 11. The molecule has 10 nitrogen and oxygen atoms in total. The average Bonchev–Trinajstić information content (AvgIpc) is 3.42. The topological polar surface area (TPSA) is 129 Å². The fraction of sp³-hybridized carbons (Fsp3) is 0.355. The summed E-state index contributed by atoms with van der Waals surface area (Å²) in [5, 5.41) is 12.8. The summed E-state index contributed by atoms with van der Waals surface area (Å²) in [6.07, 6.45) is 0.108. The molecule has 0 saturated carbocycles. The highest BCUT2D eigenvalue weighted by atomic mass is 16.5. The summed E-state index contributed by atoms with van der Waals surface area (Å²) in [5.41, 5.74) is 10.9. The van der Waals surface area contributed by atoms with Crippen molar-refractivity contribution in [3.8, 4) is 5.75 Å². The first-order valence-electron chi connectivity index (χ1n) is 13.7. The van der Waals surface area contributed by atoms with E-state index in [-0.39, 0.29) is 25.5 Å². The number of azide groups is 1. The fourth-order valence-electron chi connectivity index (χ4n) is 5.22. The van der Waals surface area contributed by atoms with E-state index < -0.39 is 11.6 Å². The lowest BCUT2D eigenvalue weighted by molar-refractivity contribution is -0.143. The summed E-state index contributed by atoms with van der Waals surface area (Å²) in [6, 6.07) is 24.7. The van der Waals surface area contributed by atoms with Gasteiger partial charge in [-0.25, -0.2) is 4.99 Å². The molecule has 0 aromatic heterocycles. The molecule has 0 bridgehead atoms. The van der Waals surface area contributed by atoms with E-state index in [0.29, 0.717) is 51.0 Å². The minimum Gasteiger partial charge on any atom is -0.494 e. The van der Waals surface area contributed by atoms with Crippen LogP contribution in [0.2, 0.25) is 0 Å². The molecule has 0 aliphatic carbocycles. The summed E-state index contributed by atoms with van der Waals surface area (Å²) < 4.78 is 17.8. The van der Waals surface area contributed by atoms with E-state index in [0.717, 1.165) is 22.3 Å². The molecule has 0 spiro atoms. The third kappa shape index (κ3) is 6.36. The molecule has 2 aliphatic heterocycles. The van der Waals surface area contributed by atoms with Crippen LogP contribution in [0.1, 0.15) is 34.8 Å². The average molecular weight is 556 g/mol. The van der Waals surface area contributed by atoms with E-state index in [4.69, 9.17) is 29.8 Å². The maximum absolute atomic E-state index is 14.6. The van der Waals surface area contributed by atoms with Crippen LogP contribution in [0.5, 0.6) is 5.75 Å². The van der Waals surface area contributed by atoms with Crippen LogP contribution in [0.15, 0.2) is 89.0 Å². The van der Waals surface area contributed by atoms with Crippen LogP contribution in [0, 0.1) is 0 Å². The number of morpholine rings is 1. The minimum atomic E-state index is -1.31. The molecule has 0 radical (unpaired) electrons.